The molecule has 1 fully saturated rings. The van der Waals surface area contributed by atoms with Gasteiger partial charge in [0.1, 0.15) is 0 Å². The molecule has 6 heteroatoms. The Morgan fingerprint density at radius 3 is 2.81 bits per heavy atom. The van der Waals surface area contributed by atoms with Crippen LogP contribution < -0.4 is 10.6 Å². The number of benzene rings is 1. The summed E-state index contributed by atoms with van der Waals surface area (Å²) < 4.78 is 5.26. The molecule has 3 N–H and O–H groups in total. The molecule has 112 valence electrons. The Labute approximate surface area is 122 Å². The fraction of sp³-hybridized carbons (Fsp3) is 0.467. The summed E-state index contributed by atoms with van der Waals surface area (Å²) in [5.74, 6) is -1.37. The van der Waals surface area contributed by atoms with Crippen molar-refractivity contribution in [2.45, 2.75) is 18.9 Å². The number of nitrogens with zero attached hydrogens (tertiary/aromatic N) is 1. The number of carboxylic acid groups (broad SMARTS) is 1. The molecule has 1 saturated heterocycles. The van der Waals surface area contributed by atoms with Crippen LogP contribution in [-0.4, -0.2) is 42.8 Å². The number of fused-ring (bicyclic) bond motifs is 1. The lowest BCUT2D eigenvalue weighted by Gasteiger charge is -2.32. The van der Waals surface area contributed by atoms with Crippen molar-refractivity contribution in [1.82, 2.24) is 0 Å². The van der Waals surface area contributed by atoms with Gasteiger partial charge in [-0.05, 0) is 30.5 Å². The Morgan fingerprint density at radius 2 is 2.14 bits per heavy atom. The summed E-state index contributed by atoms with van der Waals surface area (Å²) >= 11 is 0. The quantitative estimate of drug-likeness (QED) is 0.833. The number of carbonyl (C=O) groups excluding carboxylic acids is 1. The SMILES string of the molecule is NC1COCC1C(=O)N1CCCc2c(C(=O)O)cccc21. The maximum atomic E-state index is 12.7. The molecule has 6 nitrogen and oxygen atoms in total. The summed E-state index contributed by atoms with van der Waals surface area (Å²) in [5.41, 5.74) is 7.63. The number of nitrogens with two attached hydrogens (primary N) is 1. The first-order valence-corrected chi connectivity index (χ1v) is 7.09. The van der Waals surface area contributed by atoms with Gasteiger partial charge in [-0.25, -0.2) is 4.79 Å². The van der Waals surface area contributed by atoms with Crippen LogP contribution in [-0.2, 0) is 16.0 Å². The van der Waals surface area contributed by atoms with Crippen molar-refractivity contribution in [3.05, 3.63) is 29.3 Å². The molecule has 0 saturated carbocycles. The number of hydrogen-bond acceptors (Lipinski definition) is 4. The van der Waals surface area contributed by atoms with Gasteiger partial charge < -0.3 is 20.5 Å². The standard InChI is InChI=1S/C15H18N2O4/c16-12-8-21-7-11(12)14(18)17-6-2-4-9-10(15(19)20)3-1-5-13(9)17/h1,3,5,11-12H,2,4,6-8,16H2,(H,19,20). The monoisotopic (exact) mass is 290 g/mol. The lowest BCUT2D eigenvalue weighted by atomic mass is 9.94. The number of carboxylic acids is 1. The van der Waals surface area contributed by atoms with Gasteiger partial charge in [0.15, 0.2) is 0 Å². The number of hydrogen-bond donors (Lipinski definition) is 2. The van der Waals surface area contributed by atoms with Gasteiger partial charge >= 0.3 is 5.97 Å². The number of anilines is 1. The van der Waals surface area contributed by atoms with Crippen LogP contribution in [0.25, 0.3) is 0 Å². The molecule has 2 atom stereocenters. The predicted molar refractivity (Wildman–Crippen MR) is 76.4 cm³/mol. The average Bonchev–Trinajstić information content (AvgIpc) is 2.91. The van der Waals surface area contributed by atoms with Crippen LogP contribution in [0.2, 0.25) is 0 Å². The van der Waals surface area contributed by atoms with Gasteiger partial charge in [-0.2, -0.15) is 0 Å². The third kappa shape index (κ3) is 2.41. The summed E-state index contributed by atoms with van der Waals surface area (Å²) in [6.45, 7) is 1.33. The van der Waals surface area contributed by atoms with Gasteiger partial charge in [0.25, 0.3) is 0 Å². The fourth-order valence-electron chi connectivity index (χ4n) is 3.08. The van der Waals surface area contributed by atoms with Crippen molar-refractivity contribution in [2.75, 3.05) is 24.7 Å². The van der Waals surface area contributed by atoms with Crippen molar-refractivity contribution in [3.8, 4) is 0 Å². The Bertz CT molecular complexity index is 587. The second-order valence-corrected chi connectivity index (χ2v) is 5.51. The Kier molecular flexibility index (Phi) is 3.65. The molecule has 2 heterocycles. The minimum absolute atomic E-state index is 0.0662. The molecule has 1 aromatic rings. The highest BCUT2D eigenvalue weighted by Crippen LogP contribution is 2.32. The van der Waals surface area contributed by atoms with E-state index in [0.29, 0.717) is 31.9 Å². The van der Waals surface area contributed by atoms with Crippen LogP contribution in [0.4, 0.5) is 5.69 Å². The summed E-state index contributed by atoms with van der Waals surface area (Å²) in [5, 5.41) is 9.28. The normalized spacial score (nSPS) is 24.7. The molecule has 0 spiro atoms. The molecule has 2 aliphatic rings. The first-order valence-electron chi connectivity index (χ1n) is 7.09. The van der Waals surface area contributed by atoms with E-state index in [1.54, 1.807) is 23.1 Å². The molecule has 0 bridgehead atoms. The number of carbonyl (C=O) groups is 2. The zero-order valence-electron chi connectivity index (χ0n) is 11.6. The van der Waals surface area contributed by atoms with Crippen LogP contribution in [0, 0.1) is 5.92 Å². The molecular weight excluding hydrogens is 272 g/mol. The summed E-state index contributed by atoms with van der Waals surface area (Å²) in [7, 11) is 0. The van der Waals surface area contributed by atoms with Gasteiger partial charge in [0.2, 0.25) is 5.91 Å². The Hall–Kier alpha value is -1.92. The van der Waals surface area contributed by atoms with E-state index in [4.69, 9.17) is 10.5 Å². The first kappa shape index (κ1) is 14.0. The van der Waals surface area contributed by atoms with E-state index in [9.17, 15) is 14.7 Å². The Balaban J connectivity index is 1.95. The van der Waals surface area contributed by atoms with E-state index in [-0.39, 0.29) is 23.4 Å². The minimum atomic E-state index is -0.956. The van der Waals surface area contributed by atoms with Crippen molar-refractivity contribution >= 4 is 17.6 Å². The van der Waals surface area contributed by atoms with Crippen LogP contribution >= 0.6 is 0 Å². The van der Waals surface area contributed by atoms with Crippen molar-refractivity contribution in [1.29, 1.82) is 0 Å². The lowest BCUT2D eigenvalue weighted by molar-refractivity contribution is -0.122. The lowest BCUT2D eigenvalue weighted by Crippen LogP contribution is -2.45. The highest BCUT2D eigenvalue weighted by molar-refractivity contribution is 5.99. The molecule has 2 unspecified atom stereocenters. The fourth-order valence-corrected chi connectivity index (χ4v) is 3.08. The van der Waals surface area contributed by atoms with Gasteiger partial charge in [0, 0.05) is 18.3 Å². The largest absolute Gasteiger partial charge is 0.478 e. The van der Waals surface area contributed by atoms with E-state index in [0.717, 1.165) is 12.0 Å². The maximum Gasteiger partial charge on any atom is 0.336 e. The molecule has 0 aliphatic carbocycles. The zero-order valence-corrected chi connectivity index (χ0v) is 11.6. The van der Waals surface area contributed by atoms with Crippen molar-refractivity contribution in [2.24, 2.45) is 11.7 Å². The van der Waals surface area contributed by atoms with Gasteiger partial charge in [-0.1, -0.05) is 6.07 Å². The summed E-state index contributed by atoms with van der Waals surface area (Å²) in [6.07, 6.45) is 1.43. The smallest absolute Gasteiger partial charge is 0.336 e. The minimum Gasteiger partial charge on any atom is -0.478 e. The third-order valence-electron chi connectivity index (χ3n) is 4.19. The zero-order chi connectivity index (χ0) is 15.0. The second kappa shape index (κ2) is 5.46. The number of ether oxygens (including phenoxy) is 1. The van der Waals surface area contributed by atoms with Crippen LogP contribution in [0.15, 0.2) is 18.2 Å². The number of amides is 1. The summed E-state index contributed by atoms with van der Waals surface area (Å²) in [4.78, 5) is 25.7. The van der Waals surface area contributed by atoms with Crippen LogP contribution in [0.5, 0.6) is 0 Å². The van der Waals surface area contributed by atoms with E-state index < -0.39 is 5.97 Å². The molecular formula is C15H18N2O4. The molecule has 2 aliphatic heterocycles. The van der Waals surface area contributed by atoms with E-state index in [1.807, 2.05) is 0 Å². The topological polar surface area (TPSA) is 92.9 Å². The van der Waals surface area contributed by atoms with E-state index >= 15 is 0 Å². The van der Waals surface area contributed by atoms with Crippen molar-refractivity contribution < 1.29 is 19.4 Å². The molecule has 0 radical (unpaired) electrons. The molecule has 1 amide bonds. The Morgan fingerprint density at radius 1 is 1.33 bits per heavy atom. The summed E-state index contributed by atoms with van der Waals surface area (Å²) in [6, 6.07) is 4.78. The van der Waals surface area contributed by atoms with Crippen LogP contribution in [0.1, 0.15) is 22.3 Å². The molecule has 3 rings (SSSR count). The molecule has 21 heavy (non-hydrogen) atoms. The van der Waals surface area contributed by atoms with Gasteiger partial charge in [0.05, 0.1) is 24.7 Å². The number of rotatable bonds is 2. The predicted octanol–water partition coefficient (Wildman–Crippen LogP) is 0.638. The third-order valence-corrected chi connectivity index (χ3v) is 4.19. The van der Waals surface area contributed by atoms with Crippen molar-refractivity contribution in [3.63, 3.8) is 0 Å². The molecule has 1 aromatic carbocycles. The van der Waals surface area contributed by atoms with Gasteiger partial charge in [-0.3, -0.25) is 4.79 Å². The highest BCUT2D eigenvalue weighted by atomic mass is 16.5. The van der Waals surface area contributed by atoms with E-state index in [2.05, 4.69) is 0 Å². The first-order chi connectivity index (χ1) is 10.1. The second-order valence-electron chi connectivity index (χ2n) is 5.51. The van der Waals surface area contributed by atoms with E-state index in [1.165, 1.54) is 0 Å². The molecule has 0 aromatic heterocycles. The van der Waals surface area contributed by atoms with Crippen LogP contribution in [0.3, 0.4) is 0 Å². The van der Waals surface area contributed by atoms with Gasteiger partial charge in [-0.15, -0.1) is 0 Å². The number of aromatic carboxylic acids is 1. The maximum absolute atomic E-state index is 12.7. The highest BCUT2D eigenvalue weighted by Gasteiger charge is 2.36. The average molecular weight is 290 g/mol.